The lowest BCUT2D eigenvalue weighted by atomic mass is 10.0. The second kappa shape index (κ2) is 24.7. The van der Waals surface area contributed by atoms with E-state index < -0.39 is 0 Å². The lowest BCUT2D eigenvalue weighted by Crippen LogP contribution is -2.28. The van der Waals surface area contributed by atoms with E-state index in [-0.39, 0.29) is 0 Å². The number of hydrogen-bond donors (Lipinski definition) is 0. The normalized spacial score (nSPS) is 11.7. The van der Waals surface area contributed by atoms with E-state index in [1.807, 2.05) is 0 Å². The molecule has 0 fully saturated rings. The van der Waals surface area contributed by atoms with Crippen LogP contribution in [0.3, 0.4) is 0 Å². The van der Waals surface area contributed by atoms with Gasteiger partial charge in [0.1, 0.15) is 0 Å². The Labute approximate surface area is 260 Å². The smallest absolute Gasteiger partial charge is 0.0994 e. The second-order valence-electron chi connectivity index (χ2n) is 12.1. The van der Waals surface area contributed by atoms with Crippen LogP contribution in [0.2, 0.25) is 0 Å². The molecule has 2 rings (SSSR count). The van der Waals surface area contributed by atoms with Gasteiger partial charge in [0.05, 0.1) is 26.7 Å². The standard InChI is InChI=1S/C38H64N2O2/c1-5-9-13-17-29-39(27-15-11-7-3)33-41-31-35-19-23-37(24-20-35)38-25-21-36(22-26-38)32-42-34-40(28-16-12-8-4)30-18-14-10-6-2/h19-26H,5-18,27-34H2,1-4H3. The number of ether oxygens (including phenoxy) is 2. The van der Waals surface area contributed by atoms with Crippen molar-refractivity contribution >= 4 is 0 Å². The molecule has 0 unspecified atom stereocenters. The molecule has 0 heterocycles. The average molecular weight is 581 g/mol. The molecule has 0 aromatic heterocycles. The van der Waals surface area contributed by atoms with Gasteiger partial charge < -0.3 is 9.47 Å². The van der Waals surface area contributed by atoms with E-state index in [0.29, 0.717) is 13.2 Å². The van der Waals surface area contributed by atoms with Crippen LogP contribution in [0.5, 0.6) is 0 Å². The Bertz CT molecular complexity index is 794. The minimum atomic E-state index is 0.670. The van der Waals surface area contributed by atoms with E-state index in [0.717, 1.165) is 39.6 Å². The molecule has 0 aliphatic heterocycles. The highest BCUT2D eigenvalue weighted by Gasteiger charge is 2.07. The van der Waals surface area contributed by atoms with Crippen molar-refractivity contribution in [3.05, 3.63) is 59.7 Å². The highest BCUT2D eigenvalue weighted by Crippen LogP contribution is 2.21. The van der Waals surface area contributed by atoms with E-state index in [2.05, 4.69) is 86.0 Å². The molecule has 0 radical (unpaired) electrons. The molecule has 4 heteroatoms. The number of nitrogens with zero attached hydrogens (tertiary/aromatic N) is 2. The zero-order chi connectivity index (χ0) is 30.1. The van der Waals surface area contributed by atoms with Crippen molar-refractivity contribution in [2.24, 2.45) is 0 Å². The molecule has 0 aliphatic carbocycles. The monoisotopic (exact) mass is 580 g/mol. The van der Waals surface area contributed by atoms with E-state index in [9.17, 15) is 0 Å². The van der Waals surface area contributed by atoms with Gasteiger partial charge in [-0.3, -0.25) is 9.80 Å². The zero-order valence-corrected chi connectivity index (χ0v) is 27.9. The number of hydrogen-bond acceptors (Lipinski definition) is 4. The predicted molar refractivity (Wildman–Crippen MR) is 182 cm³/mol. The van der Waals surface area contributed by atoms with Crippen molar-refractivity contribution in [3.8, 4) is 11.1 Å². The van der Waals surface area contributed by atoms with Crippen LogP contribution in [-0.4, -0.2) is 49.4 Å². The van der Waals surface area contributed by atoms with Crippen LogP contribution in [0, 0.1) is 0 Å². The number of rotatable bonds is 27. The van der Waals surface area contributed by atoms with Gasteiger partial charge in [0, 0.05) is 26.2 Å². The molecule has 2 aromatic carbocycles. The Kier molecular flexibility index (Phi) is 21.4. The third-order valence-corrected chi connectivity index (χ3v) is 8.14. The van der Waals surface area contributed by atoms with E-state index >= 15 is 0 Å². The Morgan fingerprint density at radius 3 is 1.05 bits per heavy atom. The summed E-state index contributed by atoms with van der Waals surface area (Å²) in [5, 5.41) is 0. The summed E-state index contributed by atoms with van der Waals surface area (Å²) in [6.07, 6.45) is 18.1. The number of benzene rings is 2. The summed E-state index contributed by atoms with van der Waals surface area (Å²) in [5.74, 6) is 0. The van der Waals surface area contributed by atoms with Crippen molar-refractivity contribution in [1.29, 1.82) is 0 Å². The largest absolute Gasteiger partial charge is 0.361 e. The summed E-state index contributed by atoms with van der Waals surface area (Å²) in [5.41, 5.74) is 4.97. The van der Waals surface area contributed by atoms with Crippen LogP contribution in [0.25, 0.3) is 11.1 Å². The molecule has 0 aliphatic rings. The SMILES string of the molecule is CCCCCCN(CCCCC)COCc1ccc(-c2ccc(COCN(CCCCC)CCCCCC)cc2)cc1. The van der Waals surface area contributed by atoms with Crippen LogP contribution < -0.4 is 0 Å². The molecule has 2 aromatic rings. The molecular formula is C38H64N2O2. The van der Waals surface area contributed by atoms with Crippen molar-refractivity contribution in [1.82, 2.24) is 9.80 Å². The van der Waals surface area contributed by atoms with Gasteiger partial charge in [-0.2, -0.15) is 0 Å². The molecule has 0 N–H and O–H groups in total. The molecule has 238 valence electrons. The molecule has 0 bridgehead atoms. The van der Waals surface area contributed by atoms with Crippen molar-refractivity contribution in [3.63, 3.8) is 0 Å². The number of unbranched alkanes of at least 4 members (excludes halogenated alkanes) is 10. The van der Waals surface area contributed by atoms with Gasteiger partial charge in [-0.1, -0.05) is 140 Å². The minimum Gasteiger partial charge on any atom is -0.361 e. The summed E-state index contributed by atoms with van der Waals surface area (Å²) in [6.45, 7) is 16.5. The first-order valence-electron chi connectivity index (χ1n) is 17.5. The Balaban J connectivity index is 1.77. The maximum atomic E-state index is 6.15. The molecule has 4 nitrogen and oxygen atoms in total. The molecule has 0 saturated heterocycles. The quantitative estimate of drug-likeness (QED) is 0.0775. The molecule has 0 saturated carbocycles. The topological polar surface area (TPSA) is 24.9 Å². The van der Waals surface area contributed by atoms with E-state index in [1.54, 1.807) is 0 Å². The zero-order valence-electron chi connectivity index (χ0n) is 27.9. The highest BCUT2D eigenvalue weighted by atomic mass is 16.5. The predicted octanol–water partition coefficient (Wildman–Crippen LogP) is 10.4. The lowest BCUT2D eigenvalue weighted by Gasteiger charge is -2.22. The Morgan fingerprint density at radius 2 is 0.714 bits per heavy atom. The van der Waals surface area contributed by atoms with Crippen molar-refractivity contribution in [2.75, 3.05) is 39.6 Å². The fraction of sp³-hybridized carbons (Fsp3) is 0.684. The highest BCUT2D eigenvalue weighted by molar-refractivity contribution is 5.63. The summed E-state index contributed by atoms with van der Waals surface area (Å²) < 4.78 is 12.3. The Hall–Kier alpha value is -1.72. The van der Waals surface area contributed by atoms with Crippen molar-refractivity contribution < 1.29 is 9.47 Å². The molecular weight excluding hydrogens is 516 g/mol. The molecule has 0 amide bonds. The fourth-order valence-corrected chi connectivity index (χ4v) is 5.35. The summed E-state index contributed by atoms with van der Waals surface area (Å²) in [4.78, 5) is 5.01. The summed E-state index contributed by atoms with van der Waals surface area (Å²) in [7, 11) is 0. The first-order valence-corrected chi connectivity index (χ1v) is 17.5. The van der Waals surface area contributed by atoms with Gasteiger partial charge in [-0.05, 0) is 47.9 Å². The van der Waals surface area contributed by atoms with E-state index in [1.165, 1.54) is 112 Å². The van der Waals surface area contributed by atoms with Gasteiger partial charge in [0.15, 0.2) is 0 Å². The van der Waals surface area contributed by atoms with Crippen LogP contribution in [0.15, 0.2) is 48.5 Å². The van der Waals surface area contributed by atoms with Crippen LogP contribution in [0.1, 0.15) is 129 Å². The van der Waals surface area contributed by atoms with Crippen LogP contribution >= 0.6 is 0 Å². The molecule has 0 atom stereocenters. The third kappa shape index (κ3) is 16.8. The third-order valence-electron chi connectivity index (χ3n) is 8.14. The Morgan fingerprint density at radius 1 is 0.405 bits per heavy atom. The maximum absolute atomic E-state index is 6.15. The second-order valence-corrected chi connectivity index (χ2v) is 12.1. The van der Waals surface area contributed by atoms with Gasteiger partial charge in [-0.25, -0.2) is 0 Å². The van der Waals surface area contributed by atoms with Crippen LogP contribution in [0.4, 0.5) is 0 Å². The van der Waals surface area contributed by atoms with E-state index in [4.69, 9.17) is 9.47 Å². The van der Waals surface area contributed by atoms with Gasteiger partial charge in [-0.15, -0.1) is 0 Å². The van der Waals surface area contributed by atoms with Crippen LogP contribution in [-0.2, 0) is 22.7 Å². The van der Waals surface area contributed by atoms with Gasteiger partial charge in [0.2, 0.25) is 0 Å². The first-order chi connectivity index (χ1) is 20.7. The molecule has 0 spiro atoms. The lowest BCUT2D eigenvalue weighted by molar-refractivity contribution is 0.0169. The maximum Gasteiger partial charge on any atom is 0.0994 e. The first kappa shape index (κ1) is 36.5. The molecule has 42 heavy (non-hydrogen) atoms. The van der Waals surface area contributed by atoms with Gasteiger partial charge >= 0.3 is 0 Å². The van der Waals surface area contributed by atoms with Gasteiger partial charge in [0.25, 0.3) is 0 Å². The average Bonchev–Trinajstić information content (AvgIpc) is 3.02. The van der Waals surface area contributed by atoms with Crippen molar-refractivity contribution in [2.45, 2.75) is 131 Å². The summed E-state index contributed by atoms with van der Waals surface area (Å²) >= 11 is 0. The fourth-order valence-electron chi connectivity index (χ4n) is 5.35. The summed E-state index contributed by atoms with van der Waals surface area (Å²) in [6, 6.07) is 17.7. The minimum absolute atomic E-state index is 0.670.